The van der Waals surface area contributed by atoms with Gasteiger partial charge in [-0.25, -0.2) is 9.18 Å². The number of nitrogens with one attached hydrogen (secondary N) is 1. The summed E-state index contributed by atoms with van der Waals surface area (Å²) in [5.74, 6) is -1.95. The van der Waals surface area contributed by atoms with Crippen LogP contribution in [0.1, 0.15) is 6.92 Å². The molecule has 0 aliphatic carbocycles. The minimum absolute atomic E-state index is 0.210. The largest absolute Gasteiger partial charge is 0.491 e. The number of halogens is 1. The third-order valence-corrected chi connectivity index (χ3v) is 1.89. The molecule has 0 radical (unpaired) electrons. The lowest BCUT2D eigenvalue weighted by atomic mass is 10.3. The molecule has 1 aromatic carbocycles. The van der Waals surface area contributed by atoms with Crippen LogP contribution in [0.4, 0.5) is 4.39 Å². The monoisotopic (exact) mass is 241 g/mol. The molecule has 0 aliphatic rings. The van der Waals surface area contributed by atoms with E-state index in [2.05, 4.69) is 5.32 Å². The number of hydrogen-bond acceptors (Lipinski definition) is 3. The molecular formula is C11H12FNO4. The van der Waals surface area contributed by atoms with E-state index >= 15 is 0 Å². The van der Waals surface area contributed by atoms with Crippen LogP contribution in [-0.2, 0) is 9.59 Å². The van der Waals surface area contributed by atoms with Crippen LogP contribution in [-0.4, -0.2) is 29.6 Å². The highest BCUT2D eigenvalue weighted by Gasteiger charge is 2.19. The van der Waals surface area contributed by atoms with E-state index in [9.17, 15) is 14.0 Å². The molecule has 1 atom stereocenters. The average molecular weight is 241 g/mol. The predicted molar refractivity (Wildman–Crippen MR) is 57.1 cm³/mol. The standard InChI is InChI=1S/C11H12FNO4/c1-7(14)13-10(11(15)16)6-17-9-4-2-3-8(12)5-9/h2-5,10H,6H2,1H3,(H,13,14)(H,15,16). The van der Waals surface area contributed by atoms with Crippen molar-refractivity contribution in [3.63, 3.8) is 0 Å². The lowest BCUT2D eigenvalue weighted by Gasteiger charge is -2.14. The summed E-state index contributed by atoms with van der Waals surface area (Å²) in [7, 11) is 0. The molecule has 17 heavy (non-hydrogen) atoms. The fraction of sp³-hybridized carbons (Fsp3) is 0.273. The number of benzene rings is 1. The van der Waals surface area contributed by atoms with Crippen molar-refractivity contribution in [2.24, 2.45) is 0 Å². The second-order valence-electron chi connectivity index (χ2n) is 3.36. The second kappa shape index (κ2) is 5.83. The first-order valence-electron chi connectivity index (χ1n) is 4.87. The molecule has 6 heteroatoms. The highest BCUT2D eigenvalue weighted by atomic mass is 19.1. The van der Waals surface area contributed by atoms with Crippen molar-refractivity contribution in [3.05, 3.63) is 30.1 Å². The second-order valence-corrected chi connectivity index (χ2v) is 3.36. The van der Waals surface area contributed by atoms with Crippen LogP contribution in [0.2, 0.25) is 0 Å². The van der Waals surface area contributed by atoms with Gasteiger partial charge in [0.25, 0.3) is 0 Å². The zero-order valence-corrected chi connectivity index (χ0v) is 9.14. The summed E-state index contributed by atoms with van der Waals surface area (Å²) in [5.41, 5.74) is 0. The van der Waals surface area contributed by atoms with Crippen LogP contribution in [0.15, 0.2) is 24.3 Å². The molecule has 0 spiro atoms. The Morgan fingerprint density at radius 2 is 2.24 bits per heavy atom. The molecule has 1 unspecified atom stereocenters. The van der Waals surface area contributed by atoms with Crippen molar-refractivity contribution in [1.82, 2.24) is 5.32 Å². The Balaban J connectivity index is 2.57. The van der Waals surface area contributed by atoms with Crippen molar-refractivity contribution in [2.75, 3.05) is 6.61 Å². The summed E-state index contributed by atoms with van der Waals surface area (Å²) < 4.78 is 17.9. The van der Waals surface area contributed by atoms with Gasteiger partial charge in [0.05, 0.1) is 0 Å². The molecule has 0 fully saturated rings. The average Bonchev–Trinajstić information content (AvgIpc) is 2.23. The fourth-order valence-electron chi connectivity index (χ4n) is 1.16. The van der Waals surface area contributed by atoms with Crippen molar-refractivity contribution in [2.45, 2.75) is 13.0 Å². The smallest absolute Gasteiger partial charge is 0.329 e. The van der Waals surface area contributed by atoms with Gasteiger partial charge in [0, 0.05) is 13.0 Å². The van der Waals surface area contributed by atoms with Gasteiger partial charge >= 0.3 is 5.97 Å². The van der Waals surface area contributed by atoms with Crippen LogP contribution in [0.3, 0.4) is 0 Å². The molecule has 0 heterocycles. The number of amides is 1. The van der Waals surface area contributed by atoms with E-state index in [0.717, 1.165) is 6.07 Å². The fourth-order valence-corrected chi connectivity index (χ4v) is 1.16. The van der Waals surface area contributed by atoms with Crippen molar-refractivity contribution >= 4 is 11.9 Å². The maximum absolute atomic E-state index is 12.8. The number of carboxylic acids is 1. The van der Waals surface area contributed by atoms with Crippen molar-refractivity contribution in [1.29, 1.82) is 0 Å². The Morgan fingerprint density at radius 1 is 1.53 bits per heavy atom. The molecule has 1 aromatic rings. The third kappa shape index (κ3) is 4.50. The Hall–Kier alpha value is -2.11. The summed E-state index contributed by atoms with van der Waals surface area (Å²) in [4.78, 5) is 21.5. The van der Waals surface area contributed by atoms with Gasteiger partial charge in [-0.05, 0) is 12.1 Å². The Labute approximate surface area is 97.2 Å². The van der Waals surface area contributed by atoms with Gasteiger partial charge in [0.15, 0.2) is 6.04 Å². The Kier molecular flexibility index (Phi) is 4.45. The summed E-state index contributed by atoms with van der Waals surface area (Å²) in [6.07, 6.45) is 0. The molecule has 1 rings (SSSR count). The number of carbonyl (C=O) groups excluding carboxylic acids is 1. The van der Waals surface area contributed by atoms with Gasteiger partial charge in [-0.2, -0.15) is 0 Å². The van der Waals surface area contributed by atoms with Gasteiger partial charge in [0.1, 0.15) is 18.2 Å². The summed E-state index contributed by atoms with van der Waals surface area (Å²) in [6, 6.07) is 4.16. The maximum atomic E-state index is 12.8. The maximum Gasteiger partial charge on any atom is 0.329 e. The van der Waals surface area contributed by atoms with E-state index in [-0.39, 0.29) is 12.4 Å². The zero-order chi connectivity index (χ0) is 12.8. The zero-order valence-electron chi connectivity index (χ0n) is 9.14. The van der Waals surface area contributed by atoms with E-state index in [0.29, 0.717) is 0 Å². The molecule has 5 nitrogen and oxygen atoms in total. The molecular weight excluding hydrogens is 229 g/mol. The Bertz CT molecular complexity index is 422. The molecule has 0 bridgehead atoms. The van der Waals surface area contributed by atoms with E-state index in [1.165, 1.54) is 25.1 Å². The SMILES string of the molecule is CC(=O)NC(COc1cccc(F)c1)C(=O)O. The molecule has 1 amide bonds. The molecule has 0 aromatic heterocycles. The number of carbonyl (C=O) groups is 2. The highest BCUT2D eigenvalue weighted by Crippen LogP contribution is 2.12. The first-order chi connectivity index (χ1) is 7.99. The first-order valence-corrected chi connectivity index (χ1v) is 4.87. The van der Waals surface area contributed by atoms with Crippen LogP contribution in [0, 0.1) is 5.82 Å². The lowest BCUT2D eigenvalue weighted by molar-refractivity contribution is -0.142. The minimum atomic E-state index is -1.21. The topological polar surface area (TPSA) is 75.6 Å². The number of carboxylic acid groups (broad SMARTS) is 1. The van der Waals surface area contributed by atoms with Gasteiger partial charge in [-0.15, -0.1) is 0 Å². The third-order valence-electron chi connectivity index (χ3n) is 1.89. The van der Waals surface area contributed by atoms with E-state index < -0.39 is 23.7 Å². The van der Waals surface area contributed by atoms with Crippen LogP contribution in [0.5, 0.6) is 5.75 Å². The predicted octanol–water partition coefficient (Wildman–Crippen LogP) is 0.794. The van der Waals surface area contributed by atoms with Crippen LogP contribution >= 0.6 is 0 Å². The van der Waals surface area contributed by atoms with E-state index in [1.54, 1.807) is 0 Å². The van der Waals surface area contributed by atoms with E-state index in [1.807, 2.05) is 0 Å². The number of rotatable bonds is 5. The van der Waals surface area contributed by atoms with Crippen LogP contribution < -0.4 is 10.1 Å². The molecule has 0 saturated heterocycles. The number of ether oxygens (including phenoxy) is 1. The number of hydrogen-bond donors (Lipinski definition) is 2. The van der Waals surface area contributed by atoms with Crippen molar-refractivity contribution < 1.29 is 23.8 Å². The summed E-state index contributed by atoms with van der Waals surface area (Å²) in [6.45, 7) is 0.941. The molecule has 0 aliphatic heterocycles. The molecule has 92 valence electrons. The number of aliphatic carboxylic acids is 1. The van der Waals surface area contributed by atoms with Gasteiger partial charge in [-0.3, -0.25) is 4.79 Å². The summed E-state index contributed by atoms with van der Waals surface area (Å²) >= 11 is 0. The van der Waals surface area contributed by atoms with Crippen LogP contribution in [0.25, 0.3) is 0 Å². The lowest BCUT2D eigenvalue weighted by Crippen LogP contribution is -2.43. The van der Waals surface area contributed by atoms with Gasteiger partial charge in [-0.1, -0.05) is 6.07 Å². The summed E-state index contributed by atoms with van der Waals surface area (Å²) in [5, 5.41) is 11.0. The molecule has 2 N–H and O–H groups in total. The van der Waals surface area contributed by atoms with Gasteiger partial charge < -0.3 is 15.2 Å². The van der Waals surface area contributed by atoms with Crippen molar-refractivity contribution in [3.8, 4) is 5.75 Å². The first kappa shape index (κ1) is 13.0. The quantitative estimate of drug-likeness (QED) is 0.799. The van der Waals surface area contributed by atoms with E-state index in [4.69, 9.17) is 9.84 Å². The minimum Gasteiger partial charge on any atom is -0.491 e. The normalized spacial score (nSPS) is 11.6. The highest BCUT2D eigenvalue weighted by molar-refractivity contribution is 5.82. The Morgan fingerprint density at radius 3 is 2.76 bits per heavy atom. The molecule has 0 saturated carbocycles. The van der Waals surface area contributed by atoms with Gasteiger partial charge in [0.2, 0.25) is 5.91 Å².